The van der Waals surface area contributed by atoms with E-state index in [4.69, 9.17) is 5.73 Å². The molecule has 6 rings (SSSR count). The molecule has 0 fully saturated rings. The Kier molecular flexibility index (Phi) is 33.9. The molecule has 4 aromatic carbocycles. The lowest BCUT2D eigenvalue weighted by molar-refractivity contribution is -0.139. The van der Waals surface area contributed by atoms with Crippen LogP contribution in [0.1, 0.15) is 149 Å². The van der Waals surface area contributed by atoms with E-state index in [2.05, 4.69) is 68.8 Å². The Labute approximate surface area is 650 Å². The Morgan fingerprint density at radius 3 is 1.73 bits per heavy atom. The van der Waals surface area contributed by atoms with Crippen LogP contribution < -0.4 is 69.5 Å². The number of nitrogens with zero attached hydrogens (tertiary/aromatic N) is 1. The van der Waals surface area contributed by atoms with Crippen molar-refractivity contribution >= 4 is 111 Å². The number of thioether (sulfide) groups is 2. The Balaban J connectivity index is 1.36. The number of fused-ring (bicyclic) bond motifs is 3. The summed E-state index contributed by atoms with van der Waals surface area (Å²) in [5, 5.41) is 53.6. The van der Waals surface area contributed by atoms with Gasteiger partial charge in [-0.3, -0.25) is 67.3 Å². The molecule has 1 aliphatic heterocycles. The van der Waals surface area contributed by atoms with Gasteiger partial charge in [0.15, 0.2) is 0 Å². The summed E-state index contributed by atoms with van der Waals surface area (Å²) in [5.74, 6) is -9.79. The summed E-state index contributed by atoms with van der Waals surface area (Å²) in [4.78, 5) is 190. The van der Waals surface area contributed by atoms with Crippen molar-refractivity contribution in [3.05, 3.63) is 137 Å². The van der Waals surface area contributed by atoms with Gasteiger partial charge in [-0.2, -0.15) is 23.5 Å². The zero-order valence-electron chi connectivity index (χ0n) is 64.4. The van der Waals surface area contributed by atoms with Gasteiger partial charge in [-0.15, -0.1) is 0 Å². The molecule has 9 atom stereocenters. The Morgan fingerprint density at radius 1 is 0.591 bits per heavy atom. The molecule has 0 saturated carbocycles. The van der Waals surface area contributed by atoms with Gasteiger partial charge in [0.2, 0.25) is 76.8 Å². The Morgan fingerprint density at radius 2 is 1.14 bits per heavy atom. The highest BCUT2D eigenvalue weighted by atomic mass is 32.2. The molecule has 5 aromatic rings. The van der Waals surface area contributed by atoms with Crippen molar-refractivity contribution in [3.8, 4) is 11.5 Å². The van der Waals surface area contributed by atoms with Gasteiger partial charge in [-0.05, 0) is 122 Å². The average molecular weight is 1560 g/mol. The van der Waals surface area contributed by atoms with Crippen molar-refractivity contribution in [3.63, 3.8) is 0 Å². The highest BCUT2D eigenvalue weighted by molar-refractivity contribution is 7.98. The van der Waals surface area contributed by atoms with E-state index in [1.54, 1.807) is 97.1 Å². The van der Waals surface area contributed by atoms with Crippen LogP contribution in [0.5, 0.6) is 11.5 Å². The van der Waals surface area contributed by atoms with Crippen LogP contribution in [0.3, 0.4) is 0 Å². The summed E-state index contributed by atoms with van der Waals surface area (Å²) < 4.78 is 0. The number of carbonyl (C=O) groups is 13. The third kappa shape index (κ3) is 27.4. The molecule has 2 bridgehead atoms. The second-order valence-corrected chi connectivity index (χ2v) is 31.6. The summed E-state index contributed by atoms with van der Waals surface area (Å²) in [5.41, 5.74) is 5.06. The molecule has 1 unspecified atom stereocenters. The zero-order chi connectivity index (χ0) is 81.0. The fourth-order valence-corrected chi connectivity index (χ4v) is 13.7. The molecule has 0 radical (unpaired) electrons. The first kappa shape index (κ1) is 88.6. The molecular weight excluding hydrogens is 1450 g/mol. The van der Waals surface area contributed by atoms with E-state index in [1.807, 2.05) is 31.2 Å². The van der Waals surface area contributed by atoms with E-state index in [9.17, 15) is 67.7 Å². The topological polar surface area (TPSA) is 446 Å². The molecule has 0 aliphatic carbocycles. The van der Waals surface area contributed by atoms with Gasteiger partial charge in [0.05, 0.1) is 12.1 Å². The second-order valence-electron chi connectivity index (χ2n) is 29.5. The van der Waals surface area contributed by atoms with E-state index in [0.29, 0.717) is 57.8 Å². The van der Waals surface area contributed by atoms with Crippen LogP contribution in [0, 0.1) is 11.3 Å². The number of pyridine rings is 1. The standard InChI is InChI=1S/C79H108N14O15S2/c1-12-15-35-82-63(96)33-32-58-71(103)85-60(40-48-26-30-53(95)31-27-48)73(105)93-79(11,46(4)5)76(108)89-56(14-3)70(102)88-62(67(80)99)45-110-44-50-20-16-19-49(38-50)43-109-37-34-64(97)91-66(77(6,7)8)74(106)87-59(39-47-24-28-52(94)29-25-47)68(100)83-42-65(98)84-55(13-2)69(101)86-61(72(104)92-78(9,10)75(107)90-58)41-51-21-17-23-57-54(51)22-18-36-81-57/h16-31,36,38,46,55-56,58-62,66,94-95H,12-15,32-35,37,39-45H2,1-11H3,(H2,80,99)(H,82,96)(H,83,100)(H,84,98)(H,85,103)(H,86,101)(H,87,106)(H,88,102)(H,89,108)(H,90,107)(H,91,97)(H,92,104)(H,93,105)/t55-,56-,58-,59-,60-,61-,62-,66?,79-/m0/s1. The number of unbranched alkanes of at least 4 members (excludes halogenated alkanes) is 1. The number of phenolic OH excluding ortho intramolecular Hbond substituents is 2. The number of aromatic hydroxyl groups is 2. The highest BCUT2D eigenvalue weighted by Gasteiger charge is 2.43. The van der Waals surface area contributed by atoms with E-state index >= 15 is 4.79 Å². The van der Waals surface area contributed by atoms with Crippen molar-refractivity contribution < 1.29 is 72.5 Å². The minimum Gasteiger partial charge on any atom is -0.508 e. The molecule has 110 heavy (non-hydrogen) atoms. The van der Waals surface area contributed by atoms with Gasteiger partial charge in [0, 0.05) is 73.2 Å². The van der Waals surface area contributed by atoms with Gasteiger partial charge in [0.25, 0.3) is 0 Å². The molecule has 0 spiro atoms. The van der Waals surface area contributed by atoms with Gasteiger partial charge in [-0.25, -0.2) is 0 Å². The first-order valence-electron chi connectivity index (χ1n) is 37.1. The van der Waals surface area contributed by atoms with Crippen LogP contribution >= 0.6 is 23.5 Å². The third-order valence-corrected chi connectivity index (χ3v) is 21.0. The third-order valence-electron chi connectivity index (χ3n) is 18.9. The molecule has 13 amide bonds. The minimum atomic E-state index is -1.94. The number of aromatic nitrogens is 1. The highest BCUT2D eigenvalue weighted by Crippen LogP contribution is 2.25. The lowest BCUT2D eigenvalue weighted by atomic mass is 9.85. The second kappa shape index (κ2) is 42.0. The maximum atomic E-state index is 15.0. The van der Waals surface area contributed by atoms with E-state index in [1.165, 1.54) is 80.7 Å². The van der Waals surface area contributed by atoms with Crippen molar-refractivity contribution in [2.45, 2.75) is 211 Å². The molecule has 2 heterocycles. The van der Waals surface area contributed by atoms with Crippen LogP contribution in [0.25, 0.3) is 10.9 Å². The largest absolute Gasteiger partial charge is 0.508 e. The number of nitrogens with two attached hydrogens (primary N) is 1. The summed E-state index contributed by atoms with van der Waals surface area (Å²) >= 11 is 2.79. The van der Waals surface area contributed by atoms with E-state index in [-0.39, 0.29) is 68.6 Å². The smallest absolute Gasteiger partial charge is 0.246 e. The molecule has 0 saturated heterocycles. The molecule has 29 nitrogen and oxygen atoms in total. The normalized spacial score (nSPS) is 23.0. The lowest BCUT2D eigenvalue weighted by Crippen LogP contribution is -2.66. The first-order valence-corrected chi connectivity index (χ1v) is 39.4. The van der Waals surface area contributed by atoms with Gasteiger partial charge in [-0.1, -0.05) is 129 Å². The first-order chi connectivity index (χ1) is 52.0. The summed E-state index contributed by atoms with van der Waals surface area (Å²) in [7, 11) is 0. The molecule has 596 valence electrons. The van der Waals surface area contributed by atoms with Gasteiger partial charge < -0.3 is 79.7 Å². The van der Waals surface area contributed by atoms with Crippen molar-refractivity contribution in [2.24, 2.45) is 17.1 Å². The number of carbonyl (C=O) groups excluding carboxylic acids is 13. The van der Waals surface area contributed by atoms with Crippen LogP contribution in [0.4, 0.5) is 0 Å². The maximum absolute atomic E-state index is 15.0. The van der Waals surface area contributed by atoms with Crippen LogP contribution in [-0.2, 0) is 93.1 Å². The fourth-order valence-electron chi connectivity index (χ4n) is 11.7. The minimum absolute atomic E-state index is 0.0145. The maximum Gasteiger partial charge on any atom is 0.246 e. The van der Waals surface area contributed by atoms with E-state index in [0.717, 1.165) is 17.5 Å². The molecule has 1 aromatic heterocycles. The van der Waals surface area contributed by atoms with E-state index < -0.39 is 154 Å². The number of primary amides is 1. The number of amides is 13. The van der Waals surface area contributed by atoms with Gasteiger partial charge in [0.1, 0.15) is 70.9 Å². The number of hydrogen-bond donors (Lipinski definition) is 15. The van der Waals surface area contributed by atoms with Crippen LogP contribution in [-0.4, -0.2) is 176 Å². The summed E-state index contributed by atoms with van der Waals surface area (Å²) in [6, 6.07) is 17.0. The zero-order valence-corrected chi connectivity index (χ0v) is 66.1. The van der Waals surface area contributed by atoms with Crippen LogP contribution in [0.15, 0.2) is 109 Å². The Bertz CT molecular complexity index is 4060. The summed E-state index contributed by atoms with van der Waals surface area (Å²) in [6.07, 6.45) is 1.73. The van der Waals surface area contributed by atoms with Crippen molar-refractivity contribution in [1.29, 1.82) is 0 Å². The van der Waals surface area contributed by atoms with Crippen molar-refractivity contribution in [2.75, 3.05) is 24.6 Å². The SMILES string of the molecule is CCCCNC(=O)CC[C@@H]1NC(=O)C(C)(C)NC(=O)[C@H](Cc2cccc3ncccc23)NC(=O)[C@H](CC)NC(=O)CNC(=O)[C@H](Cc2ccc(O)cc2)NC(=O)C(C(C)(C)C)NC(=O)CCSCc2cccc(c2)CSC[C@@H](C(N)=O)NC(=O)[C@H](CC)NC(=O)[C@](C)(C(C)C)NC(=O)[C@H](Cc2ccc(O)cc2)NC1=O. The number of phenols is 2. The molecule has 16 N–H and O–H groups in total. The fraction of sp³-hybridized carbons (Fsp3) is 0.494. The number of nitrogens with one attached hydrogen (secondary N) is 12. The molecular formula is C79H108N14O15S2. The number of rotatable bonds is 16. The number of hydrogen-bond acceptors (Lipinski definition) is 18. The quantitative estimate of drug-likeness (QED) is 0.0626. The lowest BCUT2D eigenvalue weighted by Gasteiger charge is -2.36. The monoisotopic (exact) mass is 1560 g/mol. The molecule has 31 heteroatoms. The molecule has 1 aliphatic rings. The summed E-state index contributed by atoms with van der Waals surface area (Å²) in [6.45, 7) is 17.4. The van der Waals surface area contributed by atoms with Gasteiger partial charge >= 0.3 is 0 Å². The van der Waals surface area contributed by atoms with Crippen molar-refractivity contribution in [1.82, 2.24) is 68.8 Å². The Hall–Kier alpha value is -10.3. The van der Waals surface area contributed by atoms with Crippen LogP contribution in [0.2, 0.25) is 0 Å². The predicted molar refractivity (Wildman–Crippen MR) is 421 cm³/mol. The number of benzene rings is 4. The predicted octanol–water partition coefficient (Wildman–Crippen LogP) is 3.71. The average Bonchev–Trinajstić information content (AvgIpc) is 0.813.